The Morgan fingerprint density at radius 2 is 1.83 bits per heavy atom. The topological polar surface area (TPSA) is 85.7 Å². The van der Waals surface area contributed by atoms with Crippen LogP contribution in [0.4, 0.5) is 4.39 Å². The van der Waals surface area contributed by atoms with Crippen molar-refractivity contribution in [2.24, 2.45) is 0 Å². The van der Waals surface area contributed by atoms with Gasteiger partial charge in [0.05, 0.1) is 11.3 Å². The molecule has 0 saturated heterocycles. The van der Waals surface area contributed by atoms with Crippen molar-refractivity contribution in [2.75, 3.05) is 0 Å². The summed E-state index contributed by atoms with van der Waals surface area (Å²) in [6.45, 7) is 0. The number of esters is 1. The zero-order chi connectivity index (χ0) is 20.3. The third-order valence-corrected chi connectivity index (χ3v) is 6.23. The second kappa shape index (κ2) is 6.22. The summed E-state index contributed by atoms with van der Waals surface area (Å²) in [6, 6.07) is 13.7. The van der Waals surface area contributed by atoms with Crippen molar-refractivity contribution in [3.05, 3.63) is 71.3 Å². The zero-order valence-corrected chi connectivity index (χ0v) is 16.0. The van der Waals surface area contributed by atoms with Gasteiger partial charge in [0.25, 0.3) is 0 Å². The van der Waals surface area contributed by atoms with Gasteiger partial charge < -0.3 is 9.72 Å². The molecule has 7 nitrogen and oxygen atoms in total. The molecule has 1 N–H and O–H groups in total. The van der Waals surface area contributed by atoms with E-state index < -0.39 is 5.60 Å². The summed E-state index contributed by atoms with van der Waals surface area (Å²) in [5.41, 5.74) is 3.00. The molecule has 0 bridgehead atoms. The summed E-state index contributed by atoms with van der Waals surface area (Å²) in [6.07, 6.45) is 3.24. The molecule has 8 heteroatoms. The van der Waals surface area contributed by atoms with Crippen molar-refractivity contribution in [3.63, 3.8) is 0 Å². The summed E-state index contributed by atoms with van der Waals surface area (Å²) in [5.74, 6) is 0.568. The molecule has 2 aliphatic rings. The normalized spacial score (nSPS) is 23.1. The fourth-order valence-electron chi connectivity index (χ4n) is 4.68. The van der Waals surface area contributed by atoms with Crippen LogP contribution < -0.4 is 0 Å². The lowest BCUT2D eigenvalue weighted by Crippen LogP contribution is -2.31. The number of nitrogens with zero attached hydrogens (tertiary/aromatic N) is 4. The lowest BCUT2D eigenvalue weighted by molar-refractivity contribution is -0.0312. The Labute approximate surface area is 170 Å². The quantitative estimate of drug-likeness (QED) is 0.511. The smallest absolute Gasteiger partial charge is 0.339 e. The fourth-order valence-corrected chi connectivity index (χ4v) is 4.68. The minimum absolute atomic E-state index is 0.223. The van der Waals surface area contributed by atoms with Crippen molar-refractivity contribution < 1.29 is 13.9 Å². The molecule has 0 radical (unpaired) electrons. The monoisotopic (exact) mass is 403 g/mol. The highest BCUT2D eigenvalue weighted by molar-refractivity contribution is 5.94. The largest absolute Gasteiger partial charge is 0.451 e. The first-order chi connectivity index (χ1) is 14.6. The van der Waals surface area contributed by atoms with Crippen LogP contribution in [0, 0.1) is 5.82 Å². The van der Waals surface area contributed by atoms with E-state index >= 15 is 0 Å². The molecular formula is C22H18FN5O2. The number of benzene rings is 2. The molecule has 1 aliphatic heterocycles. The Bertz CT molecular complexity index is 1240. The highest BCUT2D eigenvalue weighted by atomic mass is 19.1. The molecular weight excluding hydrogens is 385 g/mol. The molecule has 1 spiro atoms. The van der Waals surface area contributed by atoms with Crippen LogP contribution in [0.1, 0.15) is 53.3 Å². The molecule has 0 amide bonds. The predicted molar refractivity (Wildman–Crippen MR) is 106 cm³/mol. The number of carbonyl (C=O) groups excluding carboxylic acids is 1. The van der Waals surface area contributed by atoms with Crippen LogP contribution in [0.25, 0.3) is 17.0 Å². The molecule has 1 fully saturated rings. The summed E-state index contributed by atoms with van der Waals surface area (Å²) >= 11 is 0. The number of ether oxygens (including phenoxy) is 1. The number of carbonyl (C=O) groups is 1. The number of H-pyrrole nitrogens is 1. The van der Waals surface area contributed by atoms with Crippen LogP contribution in [0.3, 0.4) is 0 Å². The number of imidazole rings is 1. The zero-order valence-electron chi connectivity index (χ0n) is 16.0. The van der Waals surface area contributed by atoms with Gasteiger partial charge >= 0.3 is 5.97 Å². The molecule has 4 aromatic rings. The lowest BCUT2D eigenvalue weighted by atomic mass is 9.75. The Morgan fingerprint density at radius 3 is 2.60 bits per heavy atom. The maximum atomic E-state index is 13.1. The number of aromatic amines is 1. The van der Waals surface area contributed by atoms with Gasteiger partial charge in [0.15, 0.2) is 0 Å². The number of fused-ring (bicyclic) bond motifs is 3. The molecule has 6 rings (SSSR count). The second-order valence-electron chi connectivity index (χ2n) is 7.96. The van der Waals surface area contributed by atoms with Gasteiger partial charge in [-0.15, -0.1) is 15.0 Å². The Hall–Kier alpha value is -3.55. The molecule has 1 saturated carbocycles. The Kier molecular flexibility index (Phi) is 3.59. The first-order valence-electron chi connectivity index (χ1n) is 10.0. The number of aromatic nitrogens is 5. The van der Waals surface area contributed by atoms with Gasteiger partial charge in [-0.1, -0.05) is 18.2 Å². The summed E-state index contributed by atoms with van der Waals surface area (Å²) in [4.78, 5) is 21.6. The highest BCUT2D eigenvalue weighted by Crippen LogP contribution is 2.49. The van der Waals surface area contributed by atoms with Gasteiger partial charge in [-0.3, -0.25) is 0 Å². The average molecular weight is 403 g/mol. The Balaban J connectivity index is 1.23. The molecule has 150 valence electrons. The molecule has 1 aliphatic carbocycles. The maximum Gasteiger partial charge on any atom is 0.339 e. The Morgan fingerprint density at radius 1 is 1.07 bits per heavy atom. The van der Waals surface area contributed by atoms with Crippen molar-refractivity contribution in [3.8, 4) is 5.69 Å². The molecule has 0 unspecified atom stereocenters. The van der Waals surface area contributed by atoms with E-state index in [1.807, 2.05) is 24.3 Å². The van der Waals surface area contributed by atoms with Gasteiger partial charge in [-0.05, 0) is 56.0 Å². The summed E-state index contributed by atoms with van der Waals surface area (Å²) in [5, 5.41) is 8.84. The van der Waals surface area contributed by atoms with E-state index in [1.54, 1.807) is 12.1 Å². The molecule has 2 aromatic heterocycles. The molecule has 30 heavy (non-hydrogen) atoms. The molecule has 3 heterocycles. The van der Waals surface area contributed by atoms with Gasteiger partial charge in [-0.25, -0.2) is 14.2 Å². The second-order valence-corrected chi connectivity index (χ2v) is 7.96. The standard InChI is InChI=1S/C22H18FN5O2/c23-14-5-7-15(8-6-14)28-26-19-20(27-28)25-18(24-19)13-9-11-22(12-10-13)17-4-2-1-3-16(17)21(29)30-22/h1-8,13H,9-12H2,(H,24,25,26,27). The number of hydrogen-bond donors (Lipinski definition) is 1. The van der Waals surface area contributed by atoms with E-state index in [0.29, 0.717) is 22.5 Å². The minimum atomic E-state index is -0.506. The number of halogens is 1. The van der Waals surface area contributed by atoms with Crippen molar-refractivity contribution in [1.29, 1.82) is 0 Å². The fraction of sp³-hybridized carbons (Fsp3) is 0.273. The number of hydrogen-bond acceptors (Lipinski definition) is 5. The van der Waals surface area contributed by atoms with Crippen LogP contribution in [0.5, 0.6) is 0 Å². The van der Waals surface area contributed by atoms with E-state index in [-0.39, 0.29) is 17.7 Å². The van der Waals surface area contributed by atoms with Gasteiger partial charge in [0.2, 0.25) is 11.3 Å². The van der Waals surface area contributed by atoms with E-state index in [4.69, 9.17) is 4.74 Å². The first kappa shape index (κ1) is 17.3. The highest BCUT2D eigenvalue weighted by Gasteiger charge is 2.47. The van der Waals surface area contributed by atoms with E-state index in [0.717, 1.165) is 37.1 Å². The van der Waals surface area contributed by atoms with Gasteiger partial charge in [0, 0.05) is 11.5 Å². The van der Waals surface area contributed by atoms with Crippen molar-refractivity contribution in [1.82, 2.24) is 25.0 Å². The lowest BCUT2D eigenvalue weighted by Gasteiger charge is -2.35. The van der Waals surface area contributed by atoms with Crippen LogP contribution in [-0.4, -0.2) is 30.9 Å². The van der Waals surface area contributed by atoms with E-state index in [9.17, 15) is 9.18 Å². The van der Waals surface area contributed by atoms with Gasteiger partial charge in [-0.2, -0.15) is 0 Å². The van der Waals surface area contributed by atoms with Crippen molar-refractivity contribution in [2.45, 2.75) is 37.2 Å². The minimum Gasteiger partial charge on any atom is -0.451 e. The van der Waals surface area contributed by atoms with Gasteiger partial charge in [0.1, 0.15) is 17.2 Å². The molecule has 0 atom stereocenters. The SMILES string of the molecule is O=C1OC2(CCC(c3nc4nn(-c5ccc(F)cc5)nc4[nH]3)CC2)c2ccccc21. The maximum absolute atomic E-state index is 13.1. The third-order valence-electron chi connectivity index (χ3n) is 6.23. The van der Waals surface area contributed by atoms with E-state index in [2.05, 4.69) is 20.2 Å². The third kappa shape index (κ3) is 2.56. The summed E-state index contributed by atoms with van der Waals surface area (Å²) < 4.78 is 19.0. The van der Waals surface area contributed by atoms with E-state index in [1.165, 1.54) is 16.9 Å². The average Bonchev–Trinajstić information content (AvgIpc) is 3.41. The van der Waals surface area contributed by atoms with Crippen LogP contribution >= 0.6 is 0 Å². The van der Waals surface area contributed by atoms with Crippen LogP contribution in [0.2, 0.25) is 0 Å². The summed E-state index contributed by atoms with van der Waals surface area (Å²) in [7, 11) is 0. The van der Waals surface area contributed by atoms with Crippen LogP contribution in [0.15, 0.2) is 48.5 Å². The molecule has 2 aromatic carbocycles. The number of nitrogens with one attached hydrogen (secondary N) is 1. The number of rotatable bonds is 2. The predicted octanol–water partition coefficient (Wildman–Crippen LogP) is 4.01. The van der Waals surface area contributed by atoms with Crippen LogP contribution in [-0.2, 0) is 10.3 Å². The first-order valence-corrected chi connectivity index (χ1v) is 10.0. The van der Waals surface area contributed by atoms with Crippen molar-refractivity contribution >= 4 is 17.3 Å².